The molecule has 0 aromatic carbocycles. The van der Waals surface area contributed by atoms with Gasteiger partial charge in [-0.05, 0) is 6.92 Å². The maximum Gasteiger partial charge on any atom is 0.307 e. The van der Waals surface area contributed by atoms with Gasteiger partial charge in [-0.3, -0.25) is 4.79 Å². The molecule has 0 amide bonds. The first-order valence-electron chi connectivity index (χ1n) is 3.08. The van der Waals surface area contributed by atoms with Crippen LogP contribution in [0.5, 0.6) is 0 Å². The zero-order valence-electron chi connectivity index (χ0n) is 7.05. The van der Waals surface area contributed by atoms with Crippen molar-refractivity contribution in [3.8, 4) is 0 Å². The van der Waals surface area contributed by atoms with Gasteiger partial charge in [0.2, 0.25) is 0 Å². The quantitative estimate of drug-likeness (QED) is 0.624. The Bertz CT molecular complexity index is 106. The number of allylic oxidation sites excluding steroid dienone is 1. The lowest BCUT2D eigenvalue weighted by molar-refractivity contribution is -0.135. The second-order valence-corrected chi connectivity index (χ2v) is 1.29. The predicted octanol–water partition coefficient (Wildman–Crippen LogP) is 2.64. The Kier molecular flexibility index (Phi) is 34.7. The lowest BCUT2D eigenvalue weighted by Crippen LogP contribution is -1.88. The number of rotatable bonds is 2. The monoisotopic (exact) mass is 156 g/mol. The van der Waals surface area contributed by atoms with Gasteiger partial charge in [0.15, 0.2) is 0 Å². The highest BCUT2D eigenvalue weighted by Crippen LogP contribution is 1.74. The van der Waals surface area contributed by atoms with Crippen molar-refractivity contribution in [1.29, 1.82) is 0 Å². The minimum Gasteiger partial charge on any atom is -0.481 e. The van der Waals surface area contributed by atoms with Crippen LogP contribution in [0.3, 0.4) is 0 Å². The van der Waals surface area contributed by atoms with Crippen LogP contribution in [0, 0.1) is 0 Å². The standard InChI is InChI=1S/C4H6O2.C3H6.C2H4/c1-2-3-4(5)6;1-3-2;1-2/h2H,1,3H2,(H,5,6);3H,1H2,2H3;1-2H2. The summed E-state index contributed by atoms with van der Waals surface area (Å²) in [7, 11) is 0. The maximum atomic E-state index is 9.53. The van der Waals surface area contributed by atoms with Crippen LogP contribution in [0.4, 0.5) is 0 Å². The molecule has 0 fully saturated rings. The Morgan fingerprint density at radius 3 is 1.73 bits per heavy atom. The molecular weight excluding hydrogens is 140 g/mol. The van der Waals surface area contributed by atoms with E-state index in [4.69, 9.17) is 5.11 Å². The van der Waals surface area contributed by atoms with Crippen LogP contribution in [0.25, 0.3) is 0 Å². The molecule has 0 bridgehead atoms. The zero-order chi connectivity index (χ0) is 9.70. The van der Waals surface area contributed by atoms with Crippen LogP contribution in [-0.2, 0) is 4.79 Å². The molecule has 0 rings (SSSR count). The Morgan fingerprint density at radius 1 is 1.45 bits per heavy atom. The van der Waals surface area contributed by atoms with Crippen LogP contribution < -0.4 is 0 Å². The number of carbonyl (C=O) groups is 1. The zero-order valence-corrected chi connectivity index (χ0v) is 7.05. The Balaban J connectivity index is -0.000000109. The van der Waals surface area contributed by atoms with Crippen molar-refractivity contribution in [2.45, 2.75) is 13.3 Å². The van der Waals surface area contributed by atoms with E-state index in [1.165, 1.54) is 6.08 Å². The van der Waals surface area contributed by atoms with E-state index in [9.17, 15) is 4.79 Å². The molecule has 0 saturated carbocycles. The van der Waals surface area contributed by atoms with Gasteiger partial charge >= 0.3 is 5.97 Å². The van der Waals surface area contributed by atoms with Gasteiger partial charge in [-0.2, -0.15) is 0 Å². The Hall–Kier alpha value is -1.31. The van der Waals surface area contributed by atoms with E-state index >= 15 is 0 Å². The summed E-state index contributed by atoms with van der Waals surface area (Å²) in [5.74, 6) is -0.829. The SMILES string of the molecule is C=C.C=CC.C=CCC(=O)O. The number of hydrogen-bond donors (Lipinski definition) is 1. The summed E-state index contributed by atoms with van der Waals surface area (Å²) in [6.45, 7) is 14.5. The molecule has 0 heterocycles. The van der Waals surface area contributed by atoms with Crippen molar-refractivity contribution in [3.63, 3.8) is 0 Å². The van der Waals surface area contributed by atoms with Crippen LogP contribution in [0.15, 0.2) is 38.5 Å². The topological polar surface area (TPSA) is 37.3 Å². The highest BCUT2D eigenvalue weighted by Gasteiger charge is 1.84. The summed E-state index contributed by atoms with van der Waals surface area (Å²) in [6.07, 6.45) is 3.16. The maximum absolute atomic E-state index is 9.53. The first-order chi connectivity index (χ1) is 5.18. The molecule has 0 aliphatic rings. The molecule has 0 spiro atoms. The summed E-state index contributed by atoms with van der Waals surface area (Å²) in [5, 5.41) is 7.84. The molecule has 64 valence electrons. The lowest BCUT2D eigenvalue weighted by atomic mass is 10.4. The molecule has 0 unspecified atom stereocenters. The molecule has 0 aromatic heterocycles. The Labute approximate surface area is 68.6 Å². The number of aliphatic carboxylic acids is 1. The molecule has 0 saturated heterocycles. The normalized spacial score (nSPS) is 5.55. The van der Waals surface area contributed by atoms with Gasteiger partial charge in [0.1, 0.15) is 0 Å². The summed E-state index contributed by atoms with van der Waals surface area (Å²) in [4.78, 5) is 9.53. The van der Waals surface area contributed by atoms with E-state index in [1.807, 2.05) is 6.92 Å². The van der Waals surface area contributed by atoms with Gasteiger partial charge in [-0.25, -0.2) is 0 Å². The number of carboxylic acids is 1. The Morgan fingerprint density at radius 2 is 1.73 bits per heavy atom. The van der Waals surface area contributed by atoms with Crippen molar-refractivity contribution in [2.75, 3.05) is 0 Å². The fraction of sp³-hybridized carbons (Fsp3) is 0.222. The molecule has 1 N–H and O–H groups in total. The first kappa shape index (κ1) is 16.3. The fourth-order valence-electron chi connectivity index (χ4n) is 0.123. The molecule has 0 aromatic rings. The van der Waals surface area contributed by atoms with Crippen LogP contribution in [0.2, 0.25) is 0 Å². The third-order valence-electron chi connectivity index (χ3n) is 0.319. The van der Waals surface area contributed by atoms with Gasteiger partial charge in [-0.15, -0.1) is 26.3 Å². The van der Waals surface area contributed by atoms with E-state index in [0.717, 1.165) is 0 Å². The van der Waals surface area contributed by atoms with E-state index in [0.29, 0.717) is 0 Å². The molecule has 0 aliphatic carbocycles. The molecule has 0 radical (unpaired) electrons. The van der Waals surface area contributed by atoms with Crippen LogP contribution >= 0.6 is 0 Å². The van der Waals surface area contributed by atoms with Gasteiger partial charge < -0.3 is 5.11 Å². The molecule has 0 aliphatic heterocycles. The second kappa shape index (κ2) is 23.4. The van der Waals surface area contributed by atoms with Crippen LogP contribution in [0.1, 0.15) is 13.3 Å². The third-order valence-corrected chi connectivity index (χ3v) is 0.319. The van der Waals surface area contributed by atoms with Gasteiger partial charge in [0.25, 0.3) is 0 Å². The van der Waals surface area contributed by atoms with Crippen molar-refractivity contribution in [2.24, 2.45) is 0 Å². The van der Waals surface area contributed by atoms with Gasteiger partial charge in [0, 0.05) is 0 Å². The van der Waals surface area contributed by atoms with Gasteiger partial charge in [-0.1, -0.05) is 12.2 Å². The smallest absolute Gasteiger partial charge is 0.307 e. The summed E-state index contributed by atoms with van der Waals surface area (Å²) in [5.41, 5.74) is 0. The van der Waals surface area contributed by atoms with E-state index < -0.39 is 5.97 Å². The largest absolute Gasteiger partial charge is 0.481 e. The molecule has 11 heavy (non-hydrogen) atoms. The molecule has 2 heteroatoms. The average Bonchev–Trinajstić information content (AvgIpc) is 1.93. The van der Waals surface area contributed by atoms with Crippen molar-refractivity contribution in [3.05, 3.63) is 38.5 Å². The first-order valence-corrected chi connectivity index (χ1v) is 3.08. The third kappa shape index (κ3) is 136. The predicted molar refractivity (Wildman–Crippen MR) is 49.6 cm³/mol. The van der Waals surface area contributed by atoms with Crippen molar-refractivity contribution >= 4 is 5.97 Å². The lowest BCUT2D eigenvalue weighted by Gasteiger charge is -1.75. The number of carboxylic acid groups (broad SMARTS) is 1. The minimum absolute atomic E-state index is 0.0556. The fourth-order valence-corrected chi connectivity index (χ4v) is 0.123. The summed E-state index contributed by atoms with van der Waals surface area (Å²) < 4.78 is 0. The minimum atomic E-state index is -0.829. The molecule has 0 atom stereocenters. The average molecular weight is 156 g/mol. The van der Waals surface area contributed by atoms with Crippen molar-refractivity contribution < 1.29 is 9.90 Å². The van der Waals surface area contributed by atoms with E-state index in [2.05, 4.69) is 26.3 Å². The number of hydrogen-bond acceptors (Lipinski definition) is 1. The van der Waals surface area contributed by atoms with Gasteiger partial charge in [0.05, 0.1) is 6.42 Å². The van der Waals surface area contributed by atoms with Crippen molar-refractivity contribution in [1.82, 2.24) is 0 Å². The van der Waals surface area contributed by atoms with E-state index in [1.54, 1.807) is 6.08 Å². The van der Waals surface area contributed by atoms with E-state index in [-0.39, 0.29) is 6.42 Å². The summed E-state index contributed by atoms with van der Waals surface area (Å²) in [6, 6.07) is 0. The summed E-state index contributed by atoms with van der Waals surface area (Å²) >= 11 is 0. The highest BCUT2D eigenvalue weighted by atomic mass is 16.4. The molecule has 2 nitrogen and oxygen atoms in total. The molecular formula is C9H16O2. The highest BCUT2D eigenvalue weighted by molar-refractivity contribution is 5.68. The van der Waals surface area contributed by atoms with Crippen LogP contribution in [-0.4, -0.2) is 11.1 Å². The second-order valence-electron chi connectivity index (χ2n) is 1.29.